The van der Waals surface area contributed by atoms with Gasteiger partial charge in [0.25, 0.3) is 0 Å². The Kier molecular flexibility index (Phi) is 2.98. The number of aliphatic hydroxyl groups is 1. The molecule has 11 atom stereocenters. The van der Waals surface area contributed by atoms with Crippen LogP contribution in [-0.4, -0.2) is 40.8 Å². The monoisotopic (exact) mass is 416 g/mol. The fraction of sp³-hybridized carbons (Fsp3) is 0.875. The van der Waals surface area contributed by atoms with Gasteiger partial charge in [0, 0.05) is 17.3 Å². The highest BCUT2D eigenvalue weighted by molar-refractivity contribution is 6.05. The Morgan fingerprint density at radius 1 is 1.10 bits per heavy atom. The molecule has 5 saturated carbocycles. The molecule has 2 spiro atoms. The summed E-state index contributed by atoms with van der Waals surface area (Å²) in [6.07, 6.45) is 1.28. The van der Waals surface area contributed by atoms with Gasteiger partial charge in [0.1, 0.15) is 17.6 Å². The molecule has 0 radical (unpaired) electrons. The van der Waals surface area contributed by atoms with E-state index in [4.69, 9.17) is 19.2 Å². The minimum absolute atomic E-state index is 0.0455. The fourth-order valence-corrected chi connectivity index (χ4v) is 9.87. The van der Waals surface area contributed by atoms with Crippen LogP contribution in [0.5, 0.6) is 0 Å². The number of Topliss-reactive ketones (excluding diaryl/α,β-unsaturated/α-hetero) is 1. The first-order valence-electron chi connectivity index (χ1n) is 11.6. The summed E-state index contributed by atoms with van der Waals surface area (Å²) >= 11 is 0. The van der Waals surface area contributed by atoms with E-state index in [1.165, 1.54) is 0 Å². The lowest BCUT2D eigenvalue weighted by molar-refractivity contribution is -0.542. The van der Waals surface area contributed by atoms with Gasteiger partial charge in [-0.05, 0) is 61.9 Å². The Bertz CT molecular complexity index is 909. The number of carbonyl (C=O) groups excluding carboxylic acids is 1. The molecule has 0 amide bonds. The second-order valence-corrected chi connectivity index (χ2v) is 12.4. The molecule has 3 saturated heterocycles. The summed E-state index contributed by atoms with van der Waals surface area (Å²) in [5.41, 5.74) is -1.01. The van der Waals surface area contributed by atoms with E-state index in [1.54, 1.807) is 0 Å². The molecular formula is C24H32O6. The van der Waals surface area contributed by atoms with E-state index in [9.17, 15) is 9.90 Å². The topological polar surface area (TPSA) is 74.2 Å². The molecule has 0 aromatic rings. The molecule has 1 N–H and O–H groups in total. The molecule has 8 rings (SSSR count). The average Bonchev–Trinajstić information content (AvgIpc) is 3.43. The van der Waals surface area contributed by atoms with Crippen LogP contribution < -0.4 is 0 Å². The Morgan fingerprint density at radius 3 is 2.57 bits per heavy atom. The second kappa shape index (κ2) is 4.76. The minimum atomic E-state index is -1.58. The molecule has 3 heterocycles. The SMILES string of the molecule is C=C1C(=O)[C@@]23[C@H]4OC(C)(C)O[C@]25OOC2C6CC6C(C)(C)[C@@H]([C@@H]5O)[C@]2(C)[C@@H]3CC[C@@H]14. The van der Waals surface area contributed by atoms with E-state index in [-0.39, 0.29) is 35.1 Å². The molecule has 3 unspecified atom stereocenters. The van der Waals surface area contributed by atoms with Crippen LogP contribution in [0, 0.1) is 45.8 Å². The molecular weight excluding hydrogens is 384 g/mol. The third kappa shape index (κ3) is 1.54. The van der Waals surface area contributed by atoms with Gasteiger partial charge in [-0.3, -0.25) is 4.79 Å². The van der Waals surface area contributed by atoms with Crippen LogP contribution in [0.4, 0.5) is 0 Å². The number of hydrogen-bond donors (Lipinski definition) is 1. The molecule has 6 bridgehead atoms. The zero-order valence-corrected chi connectivity index (χ0v) is 18.4. The molecule has 6 heteroatoms. The Morgan fingerprint density at radius 2 is 1.83 bits per heavy atom. The second-order valence-electron chi connectivity index (χ2n) is 12.4. The Balaban J connectivity index is 1.57. The average molecular weight is 417 g/mol. The van der Waals surface area contributed by atoms with Gasteiger partial charge in [0.05, 0.1) is 6.10 Å². The van der Waals surface area contributed by atoms with E-state index in [2.05, 4.69) is 27.4 Å². The molecule has 164 valence electrons. The number of hydrogen-bond acceptors (Lipinski definition) is 6. The van der Waals surface area contributed by atoms with Crippen molar-refractivity contribution in [2.24, 2.45) is 45.8 Å². The zero-order valence-electron chi connectivity index (χ0n) is 18.4. The predicted molar refractivity (Wildman–Crippen MR) is 105 cm³/mol. The highest BCUT2D eigenvalue weighted by atomic mass is 17.2. The maximum atomic E-state index is 14.1. The van der Waals surface area contributed by atoms with Crippen molar-refractivity contribution in [1.29, 1.82) is 0 Å². The zero-order chi connectivity index (χ0) is 21.2. The van der Waals surface area contributed by atoms with Gasteiger partial charge < -0.3 is 14.6 Å². The summed E-state index contributed by atoms with van der Waals surface area (Å²) < 4.78 is 13.0. The quantitative estimate of drug-likeness (QED) is 0.483. The third-order valence-electron chi connectivity index (χ3n) is 10.6. The van der Waals surface area contributed by atoms with Gasteiger partial charge in [0.15, 0.2) is 11.6 Å². The molecule has 0 aromatic heterocycles. The molecule has 5 aliphatic carbocycles. The van der Waals surface area contributed by atoms with Crippen molar-refractivity contribution in [2.45, 2.75) is 83.8 Å². The molecule has 3 aliphatic heterocycles. The lowest BCUT2D eigenvalue weighted by atomic mass is 9.37. The lowest BCUT2D eigenvalue weighted by Gasteiger charge is -2.70. The predicted octanol–water partition coefficient (Wildman–Crippen LogP) is 2.99. The lowest BCUT2D eigenvalue weighted by Crippen LogP contribution is -2.82. The van der Waals surface area contributed by atoms with Gasteiger partial charge in [-0.2, -0.15) is 4.89 Å². The van der Waals surface area contributed by atoms with E-state index in [0.717, 1.165) is 19.3 Å². The van der Waals surface area contributed by atoms with Crippen molar-refractivity contribution >= 4 is 5.78 Å². The number of rotatable bonds is 0. The normalized spacial score (nSPS) is 63.1. The number of carbonyl (C=O) groups is 1. The molecule has 30 heavy (non-hydrogen) atoms. The van der Waals surface area contributed by atoms with Crippen LogP contribution in [0.3, 0.4) is 0 Å². The number of fused-ring (bicyclic) bond motifs is 2. The first-order valence-corrected chi connectivity index (χ1v) is 11.6. The summed E-state index contributed by atoms with van der Waals surface area (Å²) in [4.78, 5) is 26.6. The molecule has 6 nitrogen and oxygen atoms in total. The van der Waals surface area contributed by atoms with Crippen LogP contribution in [0.25, 0.3) is 0 Å². The van der Waals surface area contributed by atoms with Crippen LogP contribution >= 0.6 is 0 Å². The van der Waals surface area contributed by atoms with E-state index in [0.29, 0.717) is 17.4 Å². The molecule has 8 fully saturated rings. The van der Waals surface area contributed by atoms with E-state index in [1.807, 2.05) is 13.8 Å². The van der Waals surface area contributed by atoms with Crippen molar-refractivity contribution in [1.82, 2.24) is 0 Å². The van der Waals surface area contributed by atoms with E-state index >= 15 is 0 Å². The number of ketones is 1. The summed E-state index contributed by atoms with van der Waals surface area (Å²) in [6.45, 7) is 14.7. The van der Waals surface area contributed by atoms with Gasteiger partial charge in [-0.1, -0.05) is 27.4 Å². The maximum absolute atomic E-state index is 14.1. The van der Waals surface area contributed by atoms with Crippen molar-refractivity contribution < 1.29 is 29.1 Å². The summed E-state index contributed by atoms with van der Waals surface area (Å²) in [5.74, 6) is -1.94. The number of ether oxygens (including phenoxy) is 2. The summed E-state index contributed by atoms with van der Waals surface area (Å²) in [6, 6.07) is 0. The molecule has 8 aliphatic rings. The third-order valence-corrected chi connectivity index (χ3v) is 10.6. The van der Waals surface area contributed by atoms with E-state index < -0.39 is 34.6 Å². The Hall–Kier alpha value is -0.790. The standard InChI is InChI=1S/C24H32O6/c1-10-11-7-8-14-22(6)15-17(26)24(30-28-18(22)12-9-13(12)20(15,2)3)23(14,16(10)25)19(11)27-21(4,5)29-24/h11-15,17-19,26H,1,7-9H2,2-6H3/t11-,12?,13?,14-,15+,17-,18?,19-,22-,23-,24+/m0/s1. The van der Waals surface area contributed by atoms with Crippen molar-refractivity contribution in [3.8, 4) is 0 Å². The highest BCUT2D eigenvalue weighted by Gasteiger charge is 2.90. The first-order chi connectivity index (χ1) is 13.9. The Labute approximate surface area is 177 Å². The summed E-state index contributed by atoms with van der Waals surface area (Å²) in [7, 11) is 0. The molecule has 0 aromatic carbocycles. The maximum Gasteiger partial charge on any atom is 0.246 e. The van der Waals surface area contributed by atoms with Crippen LogP contribution in [0.2, 0.25) is 0 Å². The first kappa shape index (κ1) is 18.8. The van der Waals surface area contributed by atoms with Gasteiger partial charge in [0.2, 0.25) is 5.79 Å². The van der Waals surface area contributed by atoms with Gasteiger partial charge in [-0.15, -0.1) is 0 Å². The fourth-order valence-electron chi connectivity index (χ4n) is 9.87. The number of aliphatic hydroxyl groups excluding tert-OH is 1. The van der Waals surface area contributed by atoms with Crippen LogP contribution in [0.15, 0.2) is 12.2 Å². The van der Waals surface area contributed by atoms with Gasteiger partial charge in [-0.25, -0.2) is 4.89 Å². The van der Waals surface area contributed by atoms with Crippen molar-refractivity contribution in [2.75, 3.05) is 0 Å². The minimum Gasteiger partial charge on any atom is -0.387 e. The smallest absolute Gasteiger partial charge is 0.246 e. The van der Waals surface area contributed by atoms with Crippen molar-refractivity contribution in [3.63, 3.8) is 0 Å². The van der Waals surface area contributed by atoms with Crippen LogP contribution in [0.1, 0.15) is 53.9 Å². The van der Waals surface area contributed by atoms with Crippen LogP contribution in [-0.2, 0) is 24.0 Å². The highest BCUT2D eigenvalue weighted by Crippen LogP contribution is 2.81. The van der Waals surface area contributed by atoms with Crippen molar-refractivity contribution in [3.05, 3.63) is 12.2 Å². The summed E-state index contributed by atoms with van der Waals surface area (Å²) in [5, 5.41) is 12.2. The largest absolute Gasteiger partial charge is 0.387 e. The van der Waals surface area contributed by atoms with Gasteiger partial charge >= 0.3 is 0 Å².